The van der Waals surface area contributed by atoms with Crippen LogP contribution < -0.4 is 11.5 Å². The second-order valence-electron chi connectivity index (χ2n) is 4.66. The van der Waals surface area contributed by atoms with Crippen LogP contribution in [-0.4, -0.2) is 36.5 Å². The van der Waals surface area contributed by atoms with Crippen molar-refractivity contribution in [1.82, 2.24) is 4.90 Å². The number of likely N-dealkylation sites (N-methyl/N-ethyl adjacent to an activating group) is 1. The highest BCUT2D eigenvalue weighted by Gasteiger charge is 2.29. The molecule has 0 aromatic heterocycles. The second kappa shape index (κ2) is 5.17. The second-order valence-corrected chi connectivity index (χ2v) is 4.66. The van der Waals surface area contributed by atoms with Crippen molar-refractivity contribution in [3.05, 3.63) is 23.8 Å². The summed E-state index contributed by atoms with van der Waals surface area (Å²) in [7, 11) is 1.71. The fourth-order valence-corrected chi connectivity index (χ4v) is 1.74. The lowest BCUT2D eigenvalue weighted by Crippen LogP contribution is -2.33. The van der Waals surface area contributed by atoms with Crippen molar-refractivity contribution in [2.24, 2.45) is 0 Å². The van der Waals surface area contributed by atoms with Crippen LogP contribution >= 0.6 is 0 Å². The van der Waals surface area contributed by atoms with Gasteiger partial charge in [0.2, 0.25) is 0 Å². The van der Waals surface area contributed by atoms with Crippen LogP contribution in [0.1, 0.15) is 23.2 Å². The third-order valence-electron chi connectivity index (χ3n) is 3.11. The average molecular weight is 263 g/mol. The topological polar surface area (TPSA) is 98.6 Å². The molecule has 0 aliphatic heterocycles. The van der Waals surface area contributed by atoms with Crippen LogP contribution in [0.25, 0.3) is 0 Å². The molecule has 0 heterocycles. The molecule has 19 heavy (non-hydrogen) atoms. The summed E-state index contributed by atoms with van der Waals surface area (Å²) in [5.41, 5.74) is 12.1. The highest BCUT2D eigenvalue weighted by atomic mass is 16.5. The van der Waals surface area contributed by atoms with Crippen LogP contribution in [0.2, 0.25) is 0 Å². The zero-order chi connectivity index (χ0) is 14.0. The number of nitrogens with zero attached hydrogens (tertiary/aromatic N) is 1. The number of amides is 1. The Kier molecular flexibility index (Phi) is 3.59. The minimum atomic E-state index is -0.616. The van der Waals surface area contributed by atoms with Crippen molar-refractivity contribution in [2.75, 3.05) is 25.1 Å². The Labute approximate surface area is 111 Å². The van der Waals surface area contributed by atoms with E-state index in [1.54, 1.807) is 18.0 Å². The van der Waals surface area contributed by atoms with Gasteiger partial charge in [0.1, 0.15) is 0 Å². The van der Waals surface area contributed by atoms with Gasteiger partial charge in [-0.1, -0.05) is 0 Å². The third-order valence-corrected chi connectivity index (χ3v) is 3.11. The number of nitrogens with two attached hydrogens (primary N) is 2. The van der Waals surface area contributed by atoms with Crippen LogP contribution in [0.5, 0.6) is 0 Å². The molecular weight excluding hydrogens is 246 g/mol. The largest absolute Gasteiger partial charge is 0.452 e. The summed E-state index contributed by atoms with van der Waals surface area (Å²) in [6, 6.07) is 4.83. The Morgan fingerprint density at radius 3 is 2.63 bits per heavy atom. The molecule has 1 amide bonds. The third kappa shape index (κ3) is 3.15. The van der Waals surface area contributed by atoms with Crippen molar-refractivity contribution >= 4 is 23.3 Å². The van der Waals surface area contributed by atoms with E-state index in [0.717, 1.165) is 12.8 Å². The molecule has 1 aromatic rings. The molecule has 1 aliphatic rings. The zero-order valence-corrected chi connectivity index (χ0v) is 10.8. The van der Waals surface area contributed by atoms with Gasteiger partial charge in [-0.2, -0.15) is 0 Å². The SMILES string of the molecule is CN(C(=O)COC(=O)c1ccc(N)cc1N)C1CC1. The molecule has 1 fully saturated rings. The first-order chi connectivity index (χ1) is 8.99. The van der Waals surface area contributed by atoms with E-state index in [0.29, 0.717) is 11.7 Å². The number of carbonyl (C=O) groups is 2. The van der Waals surface area contributed by atoms with E-state index in [2.05, 4.69) is 0 Å². The molecule has 102 valence electrons. The maximum absolute atomic E-state index is 11.8. The number of rotatable bonds is 4. The van der Waals surface area contributed by atoms with Gasteiger partial charge in [-0.3, -0.25) is 4.79 Å². The number of hydrogen-bond acceptors (Lipinski definition) is 5. The number of ether oxygens (including phenoxy) is 1. The molecule has 0 bridgehead atoms. The van der Waals surface area contributed by atoms with Gasteiger partial charge in [-0.15, -0.1) is 0 Å². The lowest BCUT2D eigenvalue weighted by molar-refractivity contribution is -0.133. The first-order valence-corrected chi connectivity index (χ1v) is 6.07. The van der Waals surface area contributed by atoms with Gasteiger partial charge in [0.25, 0.3) is 5.91 Å². The highest BCUT2D eigenvalue weighted by molar-refractivity contribution is 5.96. The van der Waals surface area contributed by atoms with Crippen molar-refractivity contribution in [3.63, 3.8) is 0 Å². The number of benzene rings is 1. The number of nitrogen functional groups attached to an aromatic ring is 2. The molecule has 6 heteroatoms. The van der Waals surface area contributed by atoms with E-state index in [4.69, 9.17) is 16.2 Å². The Balaban J connectivity index is 1.91. The van der Waals surface area contributed by atoms with Crippen molar-refractivity contribution in [1.29, 1.82) is 0 Å². The summed E-state index contributed by atoms with van der Waals surface area (Å²) in [6.45, 7) is -0.268. The number of esters is 1. The lowest BCUT2D eigenvalue weighted by atomic mass is 10.1. The molecule has 0 atom stereocenters. The van der Waals surface area contributed by atoms with Gasteiger partial charge < -0.3 is 21.1 Å². The molecule has 1 aromatic carbocycles. The standard InChI is InChI=1S/C13H17N3O3/c1-16(9-3-4-9)12(17)7-19-13(18)10-5-2-8(14)6-11(10)15/h2,5-6,9H,3-4,7,14-15H2,1H3. The van der Waals surface area contributed by atoms with Crippen LogP contribution in [0.3, 0.4) is 0 Å². The Bertz CT molecular complexity index is 512. The first kappa shape index (κ1) is 13.2. The summed E-state index contributed by atoms with van der Waals surface area (Å²) < 4.78 is 4.96. The molecule has 1 saturated carbocycles. The normalized spacial score (nSPS) is 13.9. The van der Waals surface area contributed by atoms with E-state index in [9.17, 15) is 9.59 Å². The molecule has 0 saturated heterocycles. The van der Waals surface area contributed by atoms with Crippen LogP contribution in [-0.2, 0) is 9.53 Å². The zero-order valence-electron chi connectivity index (χ0n) is 10.8. The van der Waals surface area contributed by atoms with E-state index in [-0.39, 0.29) is 23.8 Å². The van der Waals surface area contributed by atoms with E-state index in [1.165, 1.54) is 12.1 Å². The summed E-state index contributed by atoms with van der Waals surface area (Å²) in [5.74, 6) is -0.820. The van der Waals surface area contributed by atoms with Crippen molar-refractivity contribution in [3.8, 4) is 0 Å². The van der Waals surface area contributed by atoms with Crippen LogP contribution in [0.4, 0.5) is 11.4 Å². The summed E-state index contributed by atoms with van der Waals surface area (Å²) in [4.78, 5) is 25.1. The predicted molar refractivity (Wildman–Crippen MR) is 71.3 cm³/mol. The van der Waals surface area contributed by atoms with Gasteiger partial charge in [0.05, 0.1) is 5.56 Å². The number of carbonyl (C=O) groups excluding carboxylic acids is 2. The molecule has 2 rings (SSSR count). The van der Waals surface area contributed by atoms with Gasteiger partial charge >= 0.3 is 5.97 Å². The predicted octanol–water partition coefficient (Wildman–Crippen LogP) is 0.629. The molecular formula is C13H17N3O3. The first-order valence-electron chi connectivity index (χ1n) is 6.07. The summed E-state index contributed by atoms with van der Waals surface area (Å²) in [6.07, 6.45) is 2.03. The Morgan fingerprint density at radius 2 is 2.05 bits per heavy atom. The highest BCUT2D eigenvalue weighted by Crippen LogP contribution is 2.25. The maximum atomic E-state index is 11.8. The minimum absolute atomic E-state index is 0.204. The van der Waals surface area contributed by atoms with Crippen molar-refractivity contribution < 1.29 is 14.3 Å². The van der Waals surface area contributed by atoms with E-state index in [1.807, 2.05) is 0 Å². The van der Waals surface area contributed by atoms with E-state index >= 15 is 0 Å². The van der Waals surface area contributed by atoms with E-state index < -0.39 is 5.97 Å². The van der Waals surface area contributed by atoms with Crippen molar-refractivity contribution in [2.45, 2.75) is 18.9 Å². The fraction of sp³-hybridized carbons (Fsp3) is 0.385. The smallest absolute Gasteiger partial charge is 0.340 e. The average Bonchev–Trinajstić information content (AvgIpc) is 3.18. The summed E-state index contributed by atoms with van der Waals surface area (Å²) >= 11 is 0. The molecule has 0 radical (unpaired) electrons. The van der Waals surface area contributed by atoms with Crippen LogP contribution in [0, 0.1) is 0 Å². The molecule has 6 nitrogen and oxygen atoms in total. The van der Waals surface area contributed by atoms with Gasteiger partial charge in [0, 0.05) is 24.5 Å². The summed E-state index contributed by atoms with van der Waals surface area (Å²) in [5, 5.41) is 0. The quantitative estimate of drug-likeness (QED) is 0.613. The van der Waals surface area contributed by atoms with Crippen LogP contribution in [0.15, 0.2) is 18.2 Å². The minimum Gasteiger partial charge on any atom is -0.452 e. The molecule has 0 spiro atoms. The van der Waals surface area contributed by atoms with Gasteiger partial charge in [0.15, 0.2) is 6.61 Å². The van der Waals surface area contributed by atoms with Gasteiger partial charge in [-0.25, -0.2) is 4.79 Å². The number of anilines is 2. The molecule has 1 aliphatic carbocycles. The lowest BCUT2D eigenvalue weighted by Gasteiger charge is -2.16. The Morgan fingerprint density at radius 1 is 1.37 bits per heavy atom. The van der Waals surface area contributed by atoms with Gasteiger partial charge in [-0.05, 0) is 31.0 Å². The Hall–Kier alpha value is -2.24. The number of hydrogen-bond donors (Lipinski definition) is 2. The molecule has 0 unspecified atom stereocenters. The maximum Gasteiger partial charge on any atom is 0.340 e. The molecule has 4 N–H and O–H groups in total. The monoisotopic (exact) mass is 263 g/mol. The fourth-order valence-electron chi connectivity index (χ4n) is 1.74.